The van der Waals surface area contributed by atoms with Crippen LogP contribution in [0.2, 0.25) is 0 Å². The Morgan fingerprint density at radius 1 is 1.10 bits per heavy atom. The molecule has 1 N–H and O–H groups in total. The second kappa shape index (κ2) is 7.88. The lowest BCUT2D eigenvalue weighted by Gasteiger charge is -2.34. The lowest BCUT2D eigenvalue weighted by Crippen LogP contribution is -2.49. The van der Waals surface area contributed by atoms with Gasteiger partial charge in [-0.1, -0.05) is 0 Å². The Morgan fingerprint density at radius 3 is 2.45 bits per heavy atom. The number of hydrogen-bond donors (Lipinski definition) is 1. The lowest BCUT2D eigenvalue weighted by atomic mass is 10.1. The number of nitrogens with zero attached hydrogens (tertiary/aromatic N) is 5. The summed E-state index contributed by atoms with van der Waals surface area (Å²) in [4.78, 5) is 18.5. The van der Waals surface area contributed by atoms with Gasteiger partial charge in [-0.05, 0) is 31.2 Å². The summed E-state index contributed by atoms with van der Waals surface area (Å²) in [6.07, 6.45) is 5.05. The van der Waals surface area contributed by atoms with Crippen molar-refractivity contribution < 1.29 is 12.8 Å². The van der Waals surface area contributed by atoms with Crippen molar-refractivity contribution in [3.63, 3.8) is 0 Å². The van der Waals surface area contributed by atoms with Crippen LogP contribution in [0, 0.1) is 5.82 Å². The number of halogens is 1. The topological polar surface area (TPSA) is 95.1 Å². The fourth-order valence-corrected chi connectivity index (χ4v) is 4.37. The molecule has 1 aliphatic rings. The van der Waals surface area contributed by atoms with Gasteiger partial charge in [0.25, 0.3) is 0 Å². The van der Waals surface area contributed by atoms with Gasteiger partial charge in [0, 0.05) is 50.3 Å². The van der Waals surface area contributed by atoms with E-state index in [0.717, 1.165) is 5.56 Å². The Balaban J connectivity index is 1.66. The molecule has 4 rings (SSSR count). The average molecular weight is 416 g/mol. The molecule has 1 aromatic carbocycles. The zero-order valence-corrected chi connectivity index (χ0v) is 16.7. The van der Waals surface area contributed by atoms with Crippen LogP contribution in [0.4, 0.5) is 10.3 Å². The Kier molecular flexibility index (Phi) is 5.29. The summed E-state index contributed by atoms with van der Waals surface area (Å²) in [5.74, 6) is 0.898. The number of imidazole rings is 1. The van der Waals surface area contributed by atoms with E-state index in [1.54, 1.807) is 37.6 Å². The van der Waals surface area contributed by atoms with Crippen LogP contribution in [0.1, 0.15) is 6.92 Å². The zero-order chi connectivity index (χ0) is 20.4. The number of benzene rings is 1. The normalized spacial score (nSPS) is 15.6. The quantitative estimate of drug-likeness (QED) is 0.685. The molecule has 8 nitrogen and oxygen atoms in total. The molecule has 0 spiro atoms. The van der Waals surface area contributed by atoms with E-state index < -0.39 is 10.0 Å². The molecule has 0 unspecified atom stereocenters. The van der Waals surface area contributed by atoms with Gasteiger partial charge in [0.15, 0.2) is 0 Å². The van der Waals surface area contributed by atoms with Crippen LogP contribution < -0.4 is 4.90 Å². The van der Waals surface area contributed by atoms with Crippen LogP contribution in [0.5, 0.6) is 0 Å². The largest absolute Gasteiger partial charge is 0.345 e. The minimum Gasteiger partial charge on any atom is -0.345 e. The van der Waals surface area contributed by atoms with Gasteiger partial charge < -0.3 is 9.88 Å². The van der Waals surface area contributed by atoms with Gasteiger partial charge in [-0.3, -0.25) is 0 Å². The van der Waals surface area contributed by atoms with E-state index >= 15 is 0 Å². The summed E-state index contributed by atoms with van der Waals surface area (Å²) in [5.41, 5.74) is 2.08. The van der Waals surface area contributed by atoms with Gasteiger partial charge in [-0.15, -0.1) is 0 Å². The molecule has 0 aliphatic carbocycles. The number of H-pyrrole nitrogens is 1. The third-order valence-electron chi connectivity index (χ3n) is 4.93. The van der Waals surface area contributed by atoms with E-state index in [4.69, 9.17) is 4.98 Å². The summed E-state index contributed by atoms with van der Waals surface area (Å²) in [6.45, 7) is 3.44. The molecule has 152 valence electrons. The molecule has 29 heavy (non-hydrogen) atoms. The van der Waals surface area contributed by atoms with Gasteiger partial charge in [0.1, 0.15) is 11.6 Å². The van der Waals surface area contributed by atoms with Crippen molar-refractivity contribution in [2.45, 2.75) is 6.92 Å². The highest BCUT2D eigenvalue weighted by Crippen LogP contribution is 2.30. The monoisotopic (exact) mass is 416 g/mol. The number of aromatic amines is 1. The molecule has 3 heterocycles. The van der Waals surface area contributed by atoms with Crippen LogP contribution >= 0.6 is 0 Å². The van der Waals surface area contributed by atoms with E-state index in [9.17, 15) is 12.8 Å². The van der Waals surface area contributed by atoms with Crippen molar-refractivity contribution >= 4 is 16.0 Å². The second-order valence-corrected chi connectivity index (χ2v) is 8.92. The molecule has 0 amide bonds. The number of rotatable bonds is 5. The van der Waals surface area contributed by atoms with E-state index in [2.05, 4.69) is 15.0 Å². The summed E-state index contributed by atoms with van der Waals surface area (Å²) >= 11 is 0. The average Bonchev–Trinajstić information content (AvgIpc) is 3.29. The maximum absolute atomic E-state index is 13.4. The number of hydrogen-bond acceptors (Lipinski definition) is 6. The van der Waals surface area contributed by atoms with Crippen molar-refractivity contribution in [3.8, 4) is 22.6 Å². The van der Waals surface area contributed by atoms with E-state index in [1.807, 2.05) is 4.90 Å². The van der Waals surface area contributed by atoms with Crippen molar-refractivity contribution in [3.05, 3.63) is 48.7 Å². The van der Waals surface area contributed by atoms with Crippen molar-refractivity contribution in [2.24, 2.45) is 0 Å². The molecule has 0 atom stereocenters. The van der Waals surface area contributed by atoms with Gasteiger partial charge in [-0.25, -0.2) is 27.8 Å². The number of anilines is 1. The Hall–Kier alpha value is -2.85. The standard InChI is InChI=1S/C19H21FN6O2S/c1-2-29(27,28)26-11-9-25(10-12-26)19-23-13-16(18-21-7-8-22-18)17(24-19)14-3-5-15(20)6-4-14/h3-8,13H,2,9-12H2,1H3,(H,21,22). The predicted octanol–water partition coefficient (Wildman–Crippen LogP) is 2.14. The maximum Gasteiger partial charge on any atom is 0.225 e. The Morgan fingerprint density at radius 2 is 1.83 bits per heavy atom. The molecule has 0 radical (unpaired) electrons. The predicted molar refractivity (Wildman–Crippen MR) is 108 cm³/mol. The van der Waals surface area contributed by atoms with E-state index in [1.165, 1.54) is 16.4 Å². The summed E-state index contributed by atoms with van der Waals surface area (Å²) in [5, 5.41) is 0. The molecule has 3 aromatic rings. The second-order valence-electron chi connectivity index (χ2n) is 6.66. The van der Waals surface area contributed by atoms with Crippen LogP contribution in [0.15, 0.2) is 42.9 Å². The first kappa shape index (κ1) is 19.5. The number of piperazine rings is 1. The maximum atomic E-state index is 13.4. The van der Waals surface area contributed by atoms with Gasteiger partial charge in [0.2, 0.25) is 16.0 Å². The van der Waals surface area contributed by atoms with Crippen molar-refractivity contribution in [2.75, 3.05) is 36.8 Å². The molecule has 10 heteroatoms. The van der Waals surface area contributed by atoms with E-state index in [0.29, 0.717) is 49.2 Å². The molecular formula is C19H21FN6O2S. The smallest absolute Gasteiger partial charge is 0.225 e. The van der Waals surface area contributed by atoms with Gasteiger partial charge in [-0.2, -0.15) is 4.31 Å². The molecule has 0 bridgehead atoms. The van der Waals surface area contributed by atoms with E-state index in [-0.39, 0.29) is 11.6 Å². The fourth-order valence-electron chi connectivity index (χ4n) is 3.29. The molecule has 1 aliphatic heterocycles. The van der Waals surface area contributed by atoms with Crippen LogP contribution in [-0.4, -0.2) is 64.6 Å². The van der Waals surface area contributed by atoms with Gasteiger partial charge in [0.05, 0.1) is 17.0 Å². The van der Waals surface area contributed by atoms with Crippen LogP contribution in [0.25, 0.3) is 22.6 Å². The minimum absolute atomic E-state index is 0.0933. The Labute approximate surface area is 168 Å². The highest BCUT2D eigenvalue weighted by molar-refractivity contribution is 7.89. The fraction of sp³-hybridized carbons (Fsp3) is 0.316. The summed E-state index contributed by atoms with van der Waals surface area (Å²) in [6, 6.07) is 6.11. The SMILES string of the molecule is CCS(=O)(=O)N1CCN(c2ncc(-c3ncc[nH]3)c(-c3ccc(F)cc3)n2)CC1. The first-order valence-electron chi connectivity index (χ1n) is 9.33. The summed E-state index contributed by atoms with van der Waals surface area (Å²) in [7, 11) is -3.20. The minimum atomic E-state index is -3.20. The number of aromatic nitrogens is 4. The van der Waals surface area contributed by atoms with Crippen LogP contribution in [0.3, 0.4) is 0 Å². The first-order chi connectivity index (χ1) is 14.0. The van der Waals surface area contributed by atoms with Crippen molar-refractivity contribution in [1.29, 1.82) is 0 Å². The molecule has 2 aromatic heterocycles. The highest BCUT2D eigenvalue weighted by atomic mass is 32.2. The van der Waals surface area contributed by atoms with Gasteiger partial charge >= 0.3 is 0 Å². The molecule has 1 saturated heterocycles. The van der Waals surface area contributed by atoms with Crippen LogP contribution in [-0.2, 0) is 10.0 Å². The lowest BCUT2D eigenvalue weighted by molar-refractivity contribution is 0.383. The third kappa shape index (κ3) is 3.99. The zero-order valence-electron chi connectivity index (χ0n) is 15.9. The summed E-state index contributed by atoms with van der Waals surface area (Å²) < 4.78 is 39.0. The Bertz CT molecular complexity index is 1080. The highest BCUT2D eigenvalue weighted by Gasteiger charge is 2.27. The number of nitrogens with one attached hydrogen (secondary N) is 1. The molecular weight excluding hydrogens is 395 g/mol. The number of sulfonamides is 1. The van der Waals surface area contributed by atoms with Crippen molar-refractivity contribution in [1.82, 2.24) is 24.2 Å². The first-order valence-corrected chi connectivity index (χ1v) is 10.9. The third-order valence-corrected chi connectivity index (χ3v) is 6.81. The molecule has 0 saturated carbocycles. The molecule has 1 fully saturated rings.